The molecule has 0 amide bonds. The summed E-state index contributed by atoms with van der Waals surface area (Å²) in [5.41, 5.74) is 10.0. The molecule has 2 aliphatic heterocycles. The summed E-state index contributed by atoms with van der Waals surface area (Å²) < 4.78 is 11.5. The molecule has 33 heavy (non-hydrogen) atoms. The number of methoxy groups -OCH3 is 1. The highest BCUT2D eigenvalue weighted by atomic mass is 35.5. The van der Waals surface area contributed by atoms with Gasteiger partial charge in [0.1, 0.15) is 23.7 Å². The molecule has 2 saturated heterocycles. The average Bonchev–Trinajstić information content (AvgIpc) is 2.75. The predicted molar refractivity (Wildman–Crippen MR) is 132 cm³/mol. The van der Waals surface area contributed by atoms with Crippen LogP contribution in [0.2, 0.25) is 5.02 Å². The first kappa shape index (κ1) is 23.7. The molecule has 4 N–H and O–H groups in total. The fourth-order valence-corrected chi connectivity index (χ4v) is 5.23. The maximum absolute atomic E-state index is 8.07. The first-order chi connectivity index (χ1) is 15.8. The lowest BCUT2D eigenvalue weighted by molar-refractivity contribution is 0.00120. The molecule has 0 aliphatic carbocycles. The molecule has 2 aromatic rings. The minimum atomic E-state index is -0.170. The van der Waals surface area contributed by atoms with Gasteiger partial charge in [-0.1, -0.05) is 11.6 Å². The SMILES string of the molecule is COc1c(C(C)Nc2ncnc(N)c2C(C)=N)cc(Cl)c(C)c1C1CN(C2CCOCC2)C1. The third-order valence-corrected chi connectivity index (χ3v) is 7.24. The van der Waals surface area contributed by atoms with Crippen molar-refractivity contribution in [1.82, 2.24) is 14.9 Å². The van der Waals surface area contributed by atoms with Gasteiger partial charge in [-0.2, -0.15) is 0 Å². The quantitative estimate of drug-likeness (QED) is 0.519. The summed E-state index contributed by atoms with van der Waals surface area (Å²) in [6.07, 6.45) is 3.60. The minimum Gasteiger partial charge on any atom is -0.496 e. The zero-order valence-electron chi connectivity index (χ0n) is 19.7. The molecule has 0 saturated carbocycles. The summed E-state index contributed by atoms with van der Waals surface area (Å²) in [4.78, 5) is 10.9. The Balaban J connectivity index is 1.62. The van der Waals surface area contributed by atoms with Crippen LogP contribution in [0.25, 0.3) is 0 Å². The van der Waals surface area contributed by atoms with Gasteiger partial charge < -0.3 is 25.9 Å². The van der Waals surface area contributed by atoms with Gasteiger partial charge in [0, 0.05) is 60.1 Å². The van der Waals surface area contributed by atoms with E-state index < -0.39 is 0 Å². The number of ether oxygens (including phenoxy) is 2. The Bertz CT molecular complexity index is 1030. The van der Waals surface area contributed by atoms with Gasteiger partial charge in [-0.25, -0.2) is 9.97 Å². The van der Waals surface area contributed by atoms with Gasteiger partial charge in [0.15, 0.2) is 0 Å². The molecule has 0 bridgehead atoms. The molecular weight excluding hydrogens is 440 g/mol. The summed E-state index contributed by atoms with van der Waals surface area (Å²) in [6.45, 7) is 9.48. The first-order valence-electron chi connectivity index (χ1n) is 11.4. The summed E-state index contributed by atoms with van der Waals surface area (Å²) in [7, 11) is 1.72. The molecule has 1 atom stereocenters. The predicted octanol–water partition coefficient (Wildman–Crippen LogP) is 4.17. The fraction of sp³-hybridized carbons (Fsp3) is 0.542. The molecule has 8 nitrogen and oxygen atoms in total. The Labute approximate surface area is 200 Å². The molecule has 178 valence electrons. The number of aromatic nitrogens is 2. The lowest BCUT2D eigenvalue weighted by Gasteiger charge is -2.46. The van der Waals surface area contributed by atoms with Crippen molar-refractivity contribution in [3.8, 4) is 5.75 Å². The van der Waals surface area contributed by atoms with E-state index >= 15 is 0 Å². The topological polar surface area (TPSA) is 109 Å². The van der Waals surface area contributed by atoms with Crippen molar-refractivity contribution in [2.75, 3.05) is 44.5 Å². The molecule has 1 aromatic heterocycles. The van der Waals surface area contributed by atoms with E-state index in [0.717, 1.165) is 61.0 Å². The van der Waals surface area contributed by atoms with Gasteiger partial charge in [-0.3, -0.25) is 4.90 Å². The Hall–Kier alpha value is -2.42. The maximum Gasteiger partial charge on any atom is 0.141 e. The van der Waals surface area contributed by atoms with Gasteiger partial charge in [0.25, 0.3) is 0 Å². The maximum atomic E-state index is 8.07. The molecule has 0 radical (unpaired) electrons. The number of rotatable bonds is 7. The van der Waals surface area contributed by atoms with Crippen molar-refractivity contribution in [2.24, 2.45) is 0 Å². The van der Waals surface area contributed by atoms with Crippen molar-refractivity contribution in [2.45, 2.75) is 51.6 Å². The van der Waals surface area contributed by atoms with E-state index in [2.05, 4.69) is 27.1 Å². The van der Waals surface area contributed by atoms with Gasteiger partial charge >= 0.3 is 0 Å². The highest BCUT2D eigenvalue weighted by molar-refractivity contribution is 6.31. The second-order valence-electron chi connectivity index (χ2n) is 8.99. The van der Waals surface area contributed by atoms with Crippen LogP contribution < -0.4 is 15.8 Å². The van der Waals surface area contributed by atoms with E-state index in [1.54, 1.807) is 14.0 Å². The number of likely N-dealkylation sites (tertiary alicyclic amines) is 1. The van der Waals surface area contributed by atoms with E-state index in [9.17, 15) is 0 Å². The molecule has 1 aromatic carbocycles. The standard InChI is InChI=1S/C24H33ClN6O2/c1-13-19(25)9-18(15(3)30-24-21(14(2)26)23(27)28-12-29-24)22(32-4)20(13)16-10-31(11-16)17-5-7-33-8-6-17/h9,12,15-17,26H,5-8,10-11H2,1-4H3,(H3,27,28,29,30). The molecule has 9 heteroatoms. The number of nitrogens with one attached hydrogen (secondary N) is 2. The van der Waals surface area contributed by atoms with Crippen molar-refractivity contribution >= 4 is 28.9 Å². The number of benzene rings is 1. The van der Waals surface area contributed by atoms with Crippen LogP contribution in [0.4, 0.5) is 11.6 Å². The Kier molecular flexibility index (Phi) is 7.07. The fourth-order valence-electron chi connectivity index (χ4n) is 5.01. The summed E-state index contributed by atoms with van der Waals surface area (Å²) >= 11 is 6.72. The van der Waals surface area contributed by atoms with E-state index in [-0.39, 0.29) is 11.9 Å². The monoisotopic (exact) mass is 472 g/mol. The lowest BCUT2D eigenvalue weighted by Crippen LogP contribution is -2.52. The van der Waals surface area contributed by atoms with E-state index in [4.69, 9.17) is 32.2 Å². The van der Waals surface area contributed by atoms with Crippen LogP contribution in [0.1, 0.15) is 60.9 Å². The van der Waals surface area contributed by atoms with E-state index in [0.29, 0.717) is 29.1 Å². The van der Waals surface area contributed by atoms with Gasteiger partial charge in [-0.15, -0.1) is 0 Å². The second kappa shape index (κ2) is 9.83. The van der Waals surface area contributed by atoms with E-state index in [1.165, 1.54) is 11.9 Å². The number of anilines is 2. The number of nitrogen functional groups attached to an aromatic ring is 1. The number of hydrogen-bond donors (Lipinski definition) is 3. The lowest BCUT2D eigenvalue weighted by atomic mass is 9.83. The summed E-state index contributed by atoms with van der Waals surface area (Å²) in [6, 6.07) is 2.40. The third kappa shape index (κ3) is 4.65. The van der Waals surface area contributed by atoms with Crippen LogP contribution in [0.15, 0.2) is 12.4 Å². The summed E-state index contributed by atoms with van der Waals surface area (Å²) in [5, 5.41) is 12.2. The largest absolute Gasteiger partial charge is 0.496 e. The number of hydrogen-bond acceptors (Lipinski definition) is 8. The van der Waals surface area contributed by atoms with E-state index in [1.807, 2.05) is 13.0 Å². The third-order valence-electron chi connectivity index (χ3n) is 6.85. The van der Waals surface area contributed by atoms with Crippen LogP contribution >= 0.6 is 11.6 Å². The molecule has 4 rings (SSSR count). The molecule has 0 spiro atoms. The highest BCUT2D eigenvalue weighted by Crippen LogP contribution is 2.44. The van der Waals surface area contributed by atoms with Crippen LogP contribution in [-0.2, 0) is 4.74 Å². The highest BCUT2D eigenvalue weighted by Gasteiger charge is 2.37. The van der Waals surface area contributed by atoms with Crippen molar-refractivity contribution in [3.63, 3.8) is 0 Å². The Morgan fingerprint density at radius 1 is 1.33 bits per heavy atom. The molecule has 1 unspecified atom stereocenters. The zero-order valence-corrected chi connectivity index (χ0v) is 20.5. The Morgan fingerprint density at radius 2 is 2.03 bits per heavy atom. The zero-order chi connectivity index (χ0) is 23.7. The van der Waals surface area contributed by atoms with Gasteiger partial charge in [-0.05, 0) is 45.2 Å². The molecular formula is C24H33ClN6O2. The van der Waals surface area contributed by atoms with Gasteiger partial charge in [0.2, 0.25) is 0 Å². The number of nitrogens with zero attached hydrogens (tertiary/aromatic N) is 3. The average molecular weight is 473 g/mol. The second-order valence-corrected chi connectivity index (χ2v) is 9.39. The molecule has 2 aliphatic rings. The van der Waals surface area contributed by atoms with Crippen LogP contribution in [0.5, 0.6) is 5.75 Å². The van der Waals surface area contributed by atoms with Crippen LogP contribution in [-0.4, -0.2) is 60.0 Å². The van der Waals surface area contributed by atoms with Crippen molar-refractivity contribution in [3.05, 3.63) is 39.7 Å². The molecule has 3 heterocycles. The first-order valence-corrected chi connectivity index (χ1v) is 11.8. The Morgan fingerprint density at radius 3 is 2.67 bits per heavy atom. The van der Waals surface area contributed by atoms with Crippen LogP contribution in [0, 0.1) is 12.3 Å². The van der Waals surface area contributed by atoms with Crippen molar-refractivity contribution < 1.29 is 9.47 Å². The number of nitrogens with two attached hydrogens (primary N) is 1. The minimum absolute atomic E-state index is 0.170. The van der Waals surface area contributed by atoms with Crippen molar-refractivity contribution in [1.29, 1.82) is 5.41 Å². The summed E-state index contributed by atoms with van der Waals surface area (Å²) in [5.74, 6) is 2.05. The van der Waals surface area contributed by atoms with Crippen LogP contribution in [0.3, 0.4) is 0 Å². The number of halogens is 1. The molecule has 2 fully saturated rings. The normalized spacial score (nSPS) is 18.6. The van der Waals surface area contributed by atoms with Gasteiger partial charge in [0.05, 0.1) is 18.7 Å². The smallest absolute Gasteiger partial charge is 0.141 e.